The van der Waals surface area contributed by atoms with Crippen LogP contribution in [0, 0.1) is 0 Å². The standard InChI is InChI=1S/C49H37N/c1-5-15-36(16-6-1)38-25-29-42(30-26-38)50(43-31-27-39(28-32-43)37-17-7-2-8-18-37)44-33-34-48-46(35-44)45-23-13-14-24-47(45)49(48,40-19-9-3-10-20-40)41-21-11-4-12-22-41/h1-17,19-35,37H,18H2. The van der Waals surface area contributed by atoms with Crippen LogP contribution in [0.1, 0.15) is 40.2 Å². The summed E-state index contributed by atoms with van der Waals surface area (Å²) in [4.78, 5) is 2.41. The number of rotatable bonds is 7. The van der Waals surface area contributed by atoms with Crippen LogP contribution >= 0.6 is 0 Å². The fraction of sp³-hybridized carbons (Fsp3) is 0.0612. The molecule has 2 aliphatic carbocycles. The van der Waals surface area contributed by atoms with Gasteiger partial charge in [-0.25, -0.2) is 0 Å². The summed E-state index contributed by atoms with van der Waals surface area (Å²) in [5.74, 6) is 0.410. The Morgan fingerprint density at radius 2 is 0.980 bits per heavy atom. The van der Waals surface area contributed by atoms with Crippen LogP contribution in [0.2, 0.25) is 0 Å². The minimum Gasteiger partial charge on any atom is -0.310 e. The van der Waals surface area contributed by atoms with Crippen LogP contribution in [0.25, 0.3) is 22.3 Å². The predicted molar refractivity (Wildman–Crippen MR) is 210 cm³/mol. The maximum absolute atomic E-state index is 2.41. The second kappa shape index (κ2) is 12.7. The molecule has 2 aliphatic rings. The van der Waals surface area contributed by atoms with Crippen molar-refractivity contribution in [2.45, 2.75) is 17.8 Å². The maximum atomic E-state index is 2.41. The molecule has 0 bridgehead atoms. The summed E-state index contributed by atoms with van der Waals surface area (Å²) in [6, 6.07) is 66.9. The predicted octanol–water partition coefficient (Wildman–Crippen LogP) is 12.8. The largest absolute Gasteiger partial charge is 0.310 e. The summed E-state index contributed by atoms with van der Waals surface area (Å²) < 4.78 is 0. The Balaban J connectivity index is 1.22. The molecule has 0 saturated heterocycles. The van der Waals surface area contributed by atoms with Crippen molar-refractivity contribution in [2.75, 3.05) is 4.90 Å². The van der Waals surface area contributed by atoms with Crippen molar-refractivity contribution < 1.29 is 0 Å². The molecule has 0 aliphatic heterocycles. The molecule has 0 radical (unpaired) electrons. The summed E-state index contributed by atoms with van der Waals surface area (Å²) in [7, 11) is 0. The summed E-state index contributed by atoms with van der Waals surface area (Å²) in [5.41, 5.74) is 14.5. The lowest BCUT2D eigenvalue weighted by Gasteiger charge is -2.34. The summed E-state index contributed by atoms with van der Waals surface area (Å²) in [6.07, 6.45) is 9.90. The fourth-order valence-electron chi connectivity index (χ4n) is 8.16. The molecule has 1 heteroatoms. The Kier molecular flexibility index (Phi) is 7.59. The van der Waals surface area contributed by atoms with Gasteiger partial charge in [-0.15, -0.1) is 0 Å². The van der Waals surface area contributed by atoms with Crippen LogP contribution in [0.3, 0.4) is 0 Å². The Morgan fingerprint density at radius 3 is 1.62 bits per heavy atom. The van der Waals surface area contributed by atoms with Crippen molar-refractivity contribution >= 4 is 17.1 Å². The van der Waals surface area contributed by atoms with E-state index in [0.29, 0.717) is 5.92 Å². The van der Waals surface area contributed by atoms with E-state index in [1.54, 1.807) is 0 Å². The lowest BCUT2D eigenvalue weighted by molar-refractivity contribution is 0.768. The van der Waals surface area contributed by atoms with Gasteiger partial charge >= 0.3 is 0 Å². The number of fused-ring (bicyclic) bond motifs is 3. The van der Waals surface area contributed by atoms with E-state index in [4.69, 9.17) is 0 Å². The third-order valence-electron chi connectivity index (χ3n) is 10.5. The van der Waals surface area contributed by atoms with E-state index in [1.807, 2.05) is 0 Å². The molecular weight excluding hydrogens is 603 g/mol. The number of hydrogen-bond donors (Lipinski definition) is 0. The molecule has 0 heterocycles. The van der Waals surface area contributed by atoms with E-state index in [-0.39, 0.29) is 0 Å². The zero-order valence-electron chi connectivity index (χ0n) is 27.9. The summed E-state index contributed by atoms with van der Waals surface area (Å²) in [6.45, 7) is 0. The third kappa shape index (κ3) is 5.02. The van der Waals surface area contributed by atoms with Gasteiger partial charge in [-0.1, -0.05) is 170 Å². The first-order chi connectivity index (χ1) is 24.8. The highest BCUT2D eigenvalue weighted by molar-refractivity contribution is 5.90. The lowest BCUT2D eigenvalue weighted by Crippen LogP contribution is -2.28. The maximum Gasteiger partial charge on any atom is 0.0713 e. The molecule has 7 aromatic rings. The molecule has 0 saturated carbocycles. The molecule has 0 fully saturated rings. The average Bonchev–Trinajstić information content (AvgIpc) is 3.50. The van der Waals surface area contributed by atoms with Crippen molar-refractivity contribution in [2.24, 2.45) is 0 Å². The number of hydrogen-bond acceptors (Lipinski definition) is 1. The second-order valence-electron chi connectivity index (χ2n) is 13.3. The van der Waals surface area contributed by atoms with Gasteiger partial charge in [0.2, 0.25) is 0 Å². The topological polar surface area (TPSA) is 3.24 Å². The molecule has 9 rings (SSSR count). The monoisotopic (exact) mass is 639 g/mol. The van der Waals surface area contributed by atoms with E-state index in [2.05, 4.69) is 211 Å². The highest BCUT2D eigenvalue weighted by atomic mass is 15.1. The molecule has 1 nitrogen and oxygen atoms in total. The Labute approximate surface area is 295 Å². The van der Waals surface area contributed by atoms with Gasteiger partial charge in [0.1, 0.15) is 0 Å². The zero-order valence-corrected chi connectivity index (χ0v) is 27.9. The van der Waals surface area contributed by atoms with E-state index in [1.165, 1.54) is 50.1 Å². The summed E-state index contributed by atoms with van der Waals surface area (Å²) in [5, 5.41) is 0. The van der Waals surface area contributed by atoms with E-state index in [9.17, 15) is 0 Å². The molecule has 238 valence electrons. The first kappa shape index (κ1) is 29.9. The number of benzene rings is 7. The van der Waals surface area contributed by atoms with Crippen LogP contribution in [0.4, 0.5) is 17.1 Å². The number of nitrogens with zero attached hydrogens (tertiary/aromatic N) is 1. The van der Waals surface area contributed by atoms with Crippen LogP contribution in [-0.2, 0) is 5.41 Å². The molecule has 0 spiro atoms. The minimum atomic E-state index is -0.418. The highest BCUT2D eigenvalue weighted by Gasteiger charge is 2.46. The van der Waals surface area contributed by atoms with Gasteiger partial charge in [0.15, 0.2) is 0 Å². The van der Waals surface area contributed by atoms with Crippen molar-refractivity contribution in [1.29, 1.82) is 0 Å². The van der Waals surface area contributed by atoms with Crippen LogP contribution in [0.15, 0.2) is 206 Å². The van der Waals surface area contributed by atoms with Crippen LogP contribution in [0.5, 0.6) is 0 Å². The Hall–Kier alpha value is -6.18. The normalized spacial score (nSPS) is 15.3. The Morgan fingerprint density at radius 1 is 0.440 bits per heavy atom. The molecule has 1 unspecified atom stereocenters. The van der Waals surface area contributed by atoms with Gasteiger partial charge in [-0.3, -0.25) is 0 Å². The molecule has 0 aromatic heterocycles. The van der Waals surface area contributed by atoms with Gasteiger partial charge in [0.05, 0.1) is 5.41 Å². The molecule has 7 aromatic carbocycles. The van der Waals surface area contributed by atoms with Crippen molar-refractivity contribution in [1.82, 2.24) is 0 Å². The van der Waals surface area contributed by atoms with E-state index < -0.39 is 5.41 Å². The first-order valence-corrected chi connectivity index (χ1v) is 17.5. The highest BCUT2D eigenvalue weighted by Crippen LogP contribution is 2.57. The molecule has 50 heavy (non-hydrogen) atoms. The zero-order chi connectivity index (χ0) is 33.3. The van der Waals surface area contributed by atoms with E-state index >= 15 is 0 Å². The molecule has 0 N–H and O–H groups in total. The van der Waals surface area contributed by atoms with Crippen molar-refractivity contribution in [3.05, 3.63) is 234 Å². The van der Waals surface area contributed by atoms with Gasteiger partial charge in [0.25, 0.3) is 0 Å². The van der Waals surface area contributed by atoms with Gasteiger partial charge in [-0.05, 0) is 92.9 Å². The Bertz CT molecular complexity index is 2280. The van der Waals surface area contributed by atoms with Crippen LogP contribution in [-0.4, -0.2) is 0 Å². The number of anilines is 3. The van der Waals surface area contributed by atoms with Gasteiger partial charge in [0, 0.05) is 23.0 Å². The second-order valence-corrected chi connectivity index (χ2v) is 13.3. The fourth-order valence-corrected chi connectivity index (χ4v) is 8.16. The molecular formula is C49H37N. The SMILES string of the molecule is C1=CCC(c2ccc(N(c3ccc(-c4ccccc4)cc3)c3ccc4c(c3)-c3ccccc3C4(c3ccccc3)c3ccccc3)cc2)C=C1. The van der Waals surface area contributed by atoms with Crippen LogP contribution < -0.4 is 4.90 Å². The summed E-state index contributed by atoms with van der Waals surface area (Å²) >= 11 is 0. The van der Waals surface area contributed by atoms with Crippen molar-refractivity contribution in [3.63, 3.8) is 0 Å². The van der Waals surface area contributed by atoms with Crippen molar-refractivity contribution in [3.8, 4) is 22.3 Å². The quantitative estimate of drug-likeness (QED) is 0.168. The van der Waals surface area contributed by atoms with E-state index in [0.717, 1.165) is 23.5 Å². The molecule has 0 amide bonds. The number of allylic oxidation sites excluding steroid dienone is 4. The molecule has 1 atom stereocenters. The minimum absolute atomic E-state index is 0.410. The lowest BCUT2D eigenvalue weighted by atomic mass is 9.68. The average molecular weight is 640 g/mol. The first-order valence-electron chi connectivity index (χ1n) is 17.5. The smallest absolute Gasteiger partial charge is 0.0713 e. The third-order valence-corrected chi connectivity index (χ3v) is 10.5. The van der Waals surface area contributed by atoms with Gasteiger partial charge < -0.3 is 4.90 Å². The van der Waals surface area contributed by atoms with Gasteiger partial charge in [-0.2, -0.15) is 0 Å².